The molecule has 1 amide bonds. The maximum absolute atomic E-state index is 11.8. The van der Waals surface area contributed by atoms with Crippen molar-refractivity contribution in [3.05, 3.63) is 0 Å². The van der Waals surface area contributed by atoms with Crippen LogP contribution in [-0.2, 0) is 19.1 Å². The molecular formula is C14H27N3O4. The number of piperazine rings is 1. The molecule has 21 heavy (non-hydrogen) atoms. The van der Waals surface area contributed by atoms with Crippen LogP contribution in [0.1, 0.15) is 13.3 Å². The van der Waals surface area contributed by atoms with Gasteiger partial charge in [0.25, 0.3) is 0 Å². The Labute approximate surface area is 126 Å². The standard InChI is InChI=1S/C14H27N3O4/c1-12(14(19)21-3)17-8-6-16(7-9-17)11-13(18)15-5-4-10-20-2/h12H,4-11H2,1-3H3,(H,15,18). The largest absolute Gasteiger partial charge is 0.468 e. The molecule has 7 heteroatoms. The Morgan fingerprint density at radius 1 is 1.19 bits per heavy atom. The van der Waals surface area contributed by atoms with E-state index < -0.39 is 0 Å². The number of rotatable bonds is 8. The average molecular weight is 301 g/mol. The molecule has 0 spiro atoms. The molecule has 1 heterocycles. The first-order chi connectivity index (χ1) is 10.1. The Hall–Kier alpha value is -1.18. The van der Waals surface area contributed by atoms with Crippen LogP contribution in [-0.4, -0.2) is 87.8 Å². The Morgan fingerprint density at radius 2 is 1.86 bits per heavy atom. The van der Waals surface area contributed by atoms with Gasteiger partial charge >= 0.3 is 5.97 Å². The van der Waals surface area contributed by atoms with Gasteiger partial charge in [0.1, 0.15) is 6.04 Å². The van der Waals surface area contributed by atoms with Gasteiger partial charge < -0.3 is 14.8 Å². The molecule has 0 saturated carbocycles. The zero-order valence-electron chi connectivity index (χ0n) is 13.3. The summed E-state index contributed by atoms with van der Waals surface area (Å²) in [6.07, 6.45) is 0.826. The maximum atomic E-state index is 11.8. The van der Waals surface area contributed by atoms with Crippen LogP contribution in [0, 0.1) is 0 Å². The second-order valence-electron chi connectivity index (χ2n) is 5.21. The van der Waals surface area contributed by atoms with Crippen molar-refractivity contribution in [3.63, 3.8) is 0 Å². The summed E-state index contributed by atoms with van der Waals surface area (Å²) in [5.41, 5.74) is 0. The zero-order valence-corrected chi connectivity index (χ0v) is 13.3. The first-order valence-corrected chi connectivity index (χ1v) is 7.38. The van der Waals surface area contributed by atoms with Crippen molar-refractivity contribution in [1.29, 1.82) is 0 Å². The van der Waals surface area contributed by atoms with Crippen molar-refractivity contribution in [2.75, 3.05) is 60.1 Å². The maximum Gasteiger partial charge on any atom is 0.322 e. The van der Waals surface area contributed by atoms with Crippen LogP contribution in [0.2, 0.25) is 0 Å². The van der Waals surface area contributed by atoms with Crippen LogP contribution in [0.15, 0.2) is 0 Å². The van der Waals surface area contributed by atoms with Crippen LogP contribution in [0.5, 0.6) is 0 Å². The third-order valence-electron chi connectivity index (χ3n) is 3.71. The van der Waals surface area contributed by atoms with Gasteiger partial charge in [0.2, 0.25) is 5.91 Å². The summed E-state index contributed by atoms with van der Waals surface area (Å²) < 4.78 is 9.68. The smallest absolute Gasteiger partial charge is 0.322 e. The molecule has 0 bridgehead atoms. The van der Waals surface area contributed by atoms with Gasteiger partial charge in [-0.1, -0.05) is 0 Å². The van der Waals surface area contributed by atoms with Gasteiger partial charge in [-0.2, -0.15) is 0 Å². The third kappa shape index (κ3) is 6.41. The number of carbonyl (C=O) groups excluding carboxylic acids is 2. The molecule has 122 valence electrons. The highest BCUT2D eigenvalue weighted by molar-refractivity contribution is 5.78. The molecule has 1 fully saturated rings. The topological polar surface area (TPSA) is 71.1 Å². The summed E-state index contributed by atoms with van der Waals surface area (Å²) in [6.45, 7) is 6.67. The predicted molar refractivity (Wildman–Crippen MR) is 79.0 cm³/mol. The van der Waals surface area contributed by atoms with E-state index in [0.717, 1.165) is 32.6 Å². The Morgan fingerprint density at radius 3 is 2.43 bits per heavy atom. The van der Waals surface area contributed by atoms with E-state index in [2.05, 4.69) is 15.1 Å². The number of methoxy groups -OCH3 is 2. The molecule has 1 saturated heterocycles. The SMILES string of the molecule is COCCCNC(=O)CN1CCN(C(C)C(=O)OC)CC1. The number of hydrogen-bond acceptors (Lipinski definition) is 6. The van der Waals surface area contributed by atoms with Crippen LogP contribution >= 0.6 is 0 Å². The molecule has 1 rings (SSSR count). The molecule has 0 aromatic heterocycles. The Balaban J connectivity index is 2.21. The van der Waals surface area contributed by atoms with Crippen molar-refractivity contribution in [3.8, 4) is 0 Å². The van der Waals surface area contributed by atoms with Gasteiger partial charge in [-0.3, -0.25) is 19.4 Å². The van der Waals surface area contributed by atoms with Crippen molar-refractivity contribution >= 4 is 11.9 Å². The Kier molecular flexibility index (Phi) is 8.26. The summed E-state index contributed by atoms with van der Waals surface area (Å²) >= 11 is 0. The quantitative estimate of drug-likeness (QED) is 0.473. The highest BCUT2D eigenvalue weighted by atomic mass is 16.5. The highest BCUT2D eigenvalue weighted by Gasteiger charge is 2.26. The fourth-order valence-electron chi connectivity index (χ4n) is 2.33. The number of ether oxygens (including phenoxy) is 2. The highest BCUT2D eigenvalue weighted by Crippen LogP contribution is 2.07. The minimum absolute atomic E-state index is 0.0422. The average Bonchev–Trinajstić information content (AvgIpc) is 2.51. The molecule has 1 unspecified atom stereocenters. The summed E-state index contributed by atoms with van der Waals surface area (Å²) in [7, 11) is 3.06. The van der Waals surface area contributed by atoms with Crippen molar-refractivity contribution in [2.24, 2.45) is 0 Å². The lowest BCUT2D eigenvalue weighted by Crippen LogP contribution is -2.53. The first kappa shape index (κ1) is 17.9. The number of esters is 1. The molecular weight excluding hydrogens is 274 g/mol. The first-order valence-electron chi connectivity index (χ1n) is 7.38. The number of nitrogens with one attached hydrogen (secondary N) is 1. The van der Waals surface area contributed by atoms with E-state index in [1.165, 1.54) is 7.11 Å². The summed E-state index contributed by atoms with van der Waals surface area (Å²) in [5.74, 6) is -0.167. The van der Waals surface area contributed by atoms with Gasteiger partial charge in [-0.05, 0) is 13.3 Å². The van der Waals surface area contributed by atoms with Gasteiger partial charge in [-0.15, -0.1) is 0 Å². The Bertz CT molecular complexity index is 330. The molecule has 0 aromatic carbocycles. The second-order valence-corrected chi connectivity index (χ2v) is 5.21. The lowest BCUT2D eigenvalue weighted by atomic mass is 10.2. The van der Waals surface area contributed by atoms with Crippen molar-refractivity contribution in [1.82, 2.24) is 15.1 Å². The second kappa shape index (κ2) is 9.70. The van der Waals surface area contributed by atoms with E-state index in [0.29, 0.717) is 19.7 Å². The van der Waals surface area contributed by atoms with Gasteiger partial charge in [0.05, 0.1) is 13.7 Å². The van der Waals surface area contributed by atoms with E-state index in [4.69, 9.17) is 9.47 Å². The van der Waals surface area contributed by atoms with Crippen LogP contribution in [0.3, 0.4) is 0 Å². The van der Waals surface area contributed by atoms with E-state index in [1.54, 1.807) is 7.11 Å². The molecule has 1 aliphatic heterocycles. The molecule has 1 N–H and O–H groups in total. The van der Waals surface area contributed by atoms with E-state index in [1.807, 2.05) is 6.92 Å². The van der Waals surface area contributed by atoms with Crippen molar-refractivity contribution in [2.45, 2.75) is 19.4 Å². The normalized spacial score (nSPS) is 18.2. The lowest BCUT2D eigenvalue weighted by molar-refractivity contribution is -0.147. The number of amides is 1. The van der Waals surface area contributed by atoms with Crippen LogP contribution < -0.4 is 5.32 Å². The molecule has 0 aliphatic carbocycles. The predicted octanol–water partition coefficient (Wildman–Crippen LogP) is -0.682. The zero-order chi connectivity index (χ0) is 15.7. The minimum Gasteiger partial charge on any atom is -0.468 e. The van der Waals surface area contributed by atoms with E-state index in [9.17, 15) is 9.59 Å². The monoisotopic (exact) mass is 301 g/mol. The number of hydrogen-bond donors (Lipinski definition) is 1. The lowest BCUT2D eigenvalue weighted by Gasteiger charge is -2.36. The van der Waals surface area contributed by atoms with E-state index >= 15 is 0 Å². The summed E-state index contributed by atoms with van der Waals surface area (Å²) in [6, 6.07) is -0.222. The minimum atomic E-state index is -0.222. The molecule has 0 aromatic rings. The number of nitrogens with zero attached hydrogens (tertiary/aromatic N) is 2. The third-order valence-corrected chi connectivity index (χ3v) is 3.71. The molecule has 7 nitrogen and oxygen atoms in total. The van der Waals surface area contributed by atoms with E-state index in [-0.39, 0.29) is 17.9 Å². The van der Waals surface area contributed by atoms with Crippen molar-refractivity contribution < 1.29 is 19.1 Å². The number of carbonyl (C=O) groups is 2. The van der Waals surface area contributed by atoms with Crippen LogP contribution in [0.4, 0.5) is 0 Å². The van der Waals surface area contributed by atoms with Crippen LogP contribution in [0.25, 0.3) is 0 Å². The van der Waals surface area contributed by atoms with Gasteiger partial charge in [0, 0.05) is 46.4 Å². The summed E-state index contributed by atoms with van der Waals surface area (Å²) in [4.78, 5) is 27.4. The fourth-order valence-corrected chi connectivity index (χ4v) is 2.33. The molecule has 1 aliphatic rings. The fraction of sp³-hybridized carbons (Fsp3) is 0.857. The molecule has 0 radical (unpaired) electrons. The van der Waals surface area contributed by atoms with Gasteiger partial charge in [-0.25, -0.2) is 0 Å². The summed E-state index contributed by atoms with van der Waals surface area (Å²) in [5, 5.41) is 2.88. The molecule has 1 atom stereocenters. The van der Waals surface area contributed by atoms with Gasteiger partial charge in [0.15, 0.2) is 0 Å².